The number of carbonyl (C=O) groups excluding carboxylic acids is 1. The van der Waals surface area contributed by atoms with Gasteiger partial charge in [-0.1, -0.05) is 12.8 Å². The molecule has 1 aliphatic heterocycles. The maximum absolute atomic E-state index is 12.3. The molecule has 1 aliphatic carbocycles. The van der Waals surface area contributed by atoms with Crippen LogP contribution in [0, 0.1) is 5.92 Å². The Morgan fingerprint density at radius 1 is 1.24 bits per heavy atom. The third-order valence-corrected chi connectivity index (χ3v) is 5.07. The predicted octanol–water partition coefficient (Wildman–Crippen LogP) is 2.04. The molecule has 1 aromatic heterocycles. The Labute approximate surface area is 130 Å². The van der Waals surface area contributed by atoms with Gasteiger partial charge in [0.15, 0.2) is 5.82 Å². The molecule has 2 heterocycles. The first kappa shape index (κ1) is 14.6. The summed E-state index contributed by atoms with van der Waals surface area (Å²) in [4.78, 5) is 16.4. The molecule has 0 N–H and O–H groups in total. The van der Waals surface area contributed by atoms with Gasteiger partial charge in [-0.25, -0.2) is 0 Å². The highest BCUT2D eigenvalue weighted by Crippen LogP contribution is 2.26. The third kappa shape index (κ3) is 3.48. The number of amides is 1. The molecule has 1 saturated heterocycles. The molecule has 3 rings (SSSR count). The molecule has 1 aromatic rings. The number of piperazine rings is 1. The van der Waals surface area contributed by atoms with Gasteiger partial charge >= 0.3 is 0 Å². The topological polar surface area (TPSA) is 49.3 Å². The van der Waals surface area contributed by atoms with Crippen molar-refractivity contribution in [3.8, 4) is 0 Å². The van der Waals surface area contributed by atoms with Crippen LogP contribution < -0.4 is 4.90 Å². The number of carbonyl (C=O) groups is 1. The normalized spacial score (nSPS) is 20.3. The summed E-state index contributed by atoms with van der Waals surface area (Å²) in [5, 5.41) is 9.27. The zero-order valence-corrected chi connectivity index (χ0v) is 13.3. The summed E-state index contributed by atoms with van der Waals surface area (Å²) in [5.74, 6) is 1.76. The fourth-order valence-corrected chi connectivity index (χ4v) is 3.52. The highest BCUT2D eigenvalue weighted by atomic mass is 32.2. The largest absolute Gasteiger partial charge is 0.344 e. The van der Waals surface area contributed by atoms with E-state index in [1.54, 1.807) is 11.8 Å². The molecule has 1 saturated carbocycles. The van der Waals surface area contributed by atoms with Crippen LogP contribution >= 0.6 is 11.8 Å². The van der Waals surface area contributed by atoms with Crippen LogP contribution in [0.4, 0.5) is 5.82 Å². The Morgan fingerprint density at radius 3 is 2.67 bits per heavy atom. The number of anilines is 1. The van der Waals surface area contributed by atoms with Gasteiger partial charge in [-0.3, -0.25) is 4.79 Å². The lowest BCUT2D eigenvalue weighted by molar-refractivity contribution is -0.131. The molecule has 0 bridgehead atoms. The molecule has 2 aliphatic rings. The first-order valence-corrected chi connectivity index (χ1v) is 8.89. The second-order valence-corrected chi connectivity index (χ2v) is 6.67. The smallest absolute Gasteiger partial charge is 0.242 e. The summed E-state index contributed by atoms with van der Waals surface area (Å²) in [6.07, 6.45) is 7.21. The fourth-order valence-electron chi connectivity index (χ4n) is 3.19. The lowest BCUT2D eigenvalue weighted by atomic mass is 10.1. The Bertz CT molecular complexity index is 487. The van der Waals surface area contributed by atoms with E-state index < -0.39 is 0 Å². The average Bonchev–Trinajstić information content (AvgIpc) is 3.02. The Hall–Kier alpha value is -1.30. The molecular weight excluding hydrogens is 284 g/mol. The van der Waals surface area contributed by atoms with Crippen LogP contribution in [0.2, 0.25) is 0 Å². The summed E-state index contributed by atoms with van der Waals surface area (Å²) in [5.41, 5.74) is 0. The minimum atomic E-state index is 0.226. The van der Waals surface area contributed by atoms with Gasteiger partial charge in [-0.05, 0) is 37.1 Å². The average molecular weight is 306 g/mol. The first-order chi connectivity index (χ1) is 10.3. The van der Waals surface area contributed by atoms with Crippen molar-refractivity contribution in [2.24, 2.45) is 5.92 Å². The Kier molecular flexibility index (Phi) is 4.63. The van der Waals surface area contributed by atoms with Gasteiger partial charge in [-0.15, -0.1) is 22.0 Å². The van der Waals surface area contributed by atoms with Crippen LogP contribution in [0.1, 0.15) is 25.7 Å². The zero-order chi connectivity index (χ0) is 14.7. The second kappa shape index (κ2) is 6.64. The van der Waals surface area contributed by atoms with Gasteiger partial charge in [0.1, 0.15) is 5.03 Å². The molecular formula is C15H22N4OS. The SMILES string of the molecule is CSc1ccc(N2CCN(CC3CCCC3)C(=O)C2)nn1. The molecule has 0 atom stereocenters. The summed E-state index contributed by atoms with van der Waals surface area (Å²) in [7, 11) is 0. The van der Waals surface area contributed by atoms with E-state index in [2.05, 4.69) is 10.2 Å². The van der Waals surface area contributed by atoms with Gasteiger partial charge in [0, 0.05) is 19.6 Å². The zero-order valence-electron chi connectivity index (χ0n) is 12.5. The number of hydrogen-bond donors (Lipinski definition) is 0. The maximum atomic E-state index is 12.3. The van der Waals surface area contributed by atoms with Gasteiger partial charge in [-0.2, -0.15) is 0 Å². The van der Waals surface area contributed by atoms with Crippen molar-refractivity contribution in [1.29, 1.82) is 0 Å². The number of aromatic nitrogens is 2. The molecule has 0 unspecified atom stereocenters. The maximum Gasteiger partial charge on any atom is 0.242 e. The third-order valence-electron chi connectivity index (χ3n) is 4.43. The van der Waals surface area contributed by atoms with E-state index in [4.69, 9.17) is 0 Å². The minimum Gasteiger partial charge on any atom is -0.344 e. The number of thioether (sulfide) groups is 1. The van der Waals surface area contributed by atoms with E-state index in [1.165, 1.54) is 25.7 Å². The number of rotatable bonds is 4. The summed E-state index contributed by atoms with van der Waals surface area (Å²) in [6, 6.07) is 3.92. The molecule has 2 fully saturated rings. The first-order valence-electron chi connectivity index (χ1n) is 7.66. The molecule has 0 spiro atoms. The molecule has 6 heteroatoms. The van der Waals surface area contributed by atoms with E-state index in [9.17, 15) is 4.79 Å². The lowest BCUT2D eigenvalue weighted by Gasteiger charge is -2.36. The van der Waals surface area contributed by atoms with Crippen molar-refractivity contribution in [2.45, 2.75) is 30.7 Å². The van der Waals surface area contributed by atoms with Crippen molar-refractivity contribution in [3.05, 3.63) is 12.1 Å². The molecule has 21 heavy (non-hydrogen) atoms. The van der Waals surface area contributed by atoms with Gasteiger partial charge in [0.05, 0.1) is 6.54 Å². The van der Waals surface area contributed by atoms with Gasteiger partial charge in [0.2, 0.25) is 5.91 Å². The van der Waals surface area contributed by atoms with E-state index in [0.29, 0.717) is 6.54 Å². The minimum absolute atomic E-state index is 0.226. The van der Waals surface area contributed by atoms with Crippen molar-refractivity contribution in [3.63, 3.8) is 0 Å². The monoisotopic (exact) mass is 306 g/mol. The number of nitrogens with zero attached hydrogens (tertiary/aromatic N) is 4. The second-order valence-electron chi connectivity index (χ2n) is 5.85. The van der Waals surface area contributed by atoms with Crippen LogP contribution in [-0.2, 0) is 4.79 Å². The van der Waals surface area contributed by atoms with Crippen molar-refractivity contribution < 1.29 is 4.79 Å². The van der Waals surface area contributed by atoms with Crippen LogP contribution in [0.3, 0.4) is 0 Å². The van der Waals surface area contributed by atoms with E-state index in [-0.39, 0.29) is 5.91 Å². The van der Waals surface area contributed by atoms with Crippen LogP contribution in [-0.4, -0.2) is 53.4 Å². The summed E-state index contributed by atoms with van der Waals surface area (Å²) >= 11 is 1.58. The lowest BCUT2D eigenvalue weighted by Crippen LogP contribution is -2.51. The number of hydrogen-bond acceptors (Lipinski definition) is 5. The molecule has 1 amide bonds. The van der Waals surface area contributed by atoms with Crippen molar-refractivity contribution in [2.75, 3.05) is 37.3 Å². The standard InChI is InChI=1S/C15H22N4OS/c1-21-14-7-6-13(16-17-14)18-8-9-19(15(20)11-18)10-12-4-2-3-5-12/h6-7,12H,2-5,8-11H2,1H3. The summed E-state index contributed by atoms with van der Waals surface area (Å²) in [6.45, 7) is 3.04. The fraction of sp³-hybridized carbons (Fsp3) is 0.667. The van der Waals surface area contributed by atoms with E-state index >= 15 is 0 Å². The van der Waals surface area contributed by atoms with E-state index in [1.807, 2.05) is 28.2 Å². The van der Waals surface area contributed by atoms with Crippen LogP contribution in [0.15, 0.2) is 17.2 Å². The Morgan fingerprint density at radius 2 is 2.05 bits per heavy atom. The van der Waals surface area contributed by atoms with Crippen molar-refractivity contribution in [1.82, 2.24) is 15.1 Å². The quantitative estimate of drug-likeness (QED) is 0.797. The highest BCUT2D eigenvalue weighted by molar-refractivity contribution is 7.98. The van der Waals surface area contributed by atoms with Gasteiger partial charge in [0.25, 0.3) is 0 Å². The van der Waals surface area contributed by atoms with Crippen LogP contribution in [0.25, 0.3) is 0 Å². The van der Waals surface area contributed by atoms with Gasteiger partial charge < -0.3 is 9.80 Å². The molecule has 5 nitrogen and oxygen atoms in total. The van der Waals surface area contributed by atoms with Crippen molar-refractivity contribution >= 4 is 23.5 Å². The summed E-state index contributed by atoms with van der Waals surface area (Å²) < 4.78 is 0. The molecule has 0 aromatic carbocycles. The highest BCUT2D eigenvalue weighted by Gasteiger charge is 2.27. The Balaban J connectivity index is 1.57. The van der Waals surface area contributed by atoms with E-state index in [0.717, 1.165) is 36.4 Å². The van der Waals surface area contributed by atoms with Crippen LogP contribution in [0.5, 0.6) is 0 Å². The molecule has 114 valence electrons. The molecule has 0 radical (unpaired) electrons. The predicted molar refractivity (Wildman–Crippen MR) is 84.6 cm³/mol.